The van der Waals surface area contributed by atoms with E-state index >= 15 is 0 Å². The molecule has 2 heterocycles. The highest BCUT2D eigenvalue weighted by molar-refractivity contribution is 7.08. The first-order chi connectivity index (χ1) is 10.7. The lowest BCUT2D eigenvalue weighted by atomic mass is 10.1. The van der Waals surface area contributed by atoms with Crippen LogP contribution < -0.4 is 5.32 Å². The second-order valence-corrected chi connectivity index (χ2v) is 6.04. The molecule has 22 heavy (non-hydrogen) atoms. The zero-order chi connectivity index (χ0) is 15.4. The van der Waals surface area contributed by atoms with E-state index in [9.17, 15) is 4.79 Å². The van der Waals surface area contributed by atoms with Gasteiger partial charge in [0.2, 0.25) is 17.6 Å². The van der Waals surface area contributed by atoms with Crippen LogP contribution in [0.25, 0.3) is 11.4 Å². The van der Waals surface area contributed by atoms with Crippen molar-refractivity contribution in [3.63, 3.8) is 0 Å². The highest BCUT2D eigenvalue weighted by Gasteiger charge is 2.20. The number of hydrogen-bond acceptors (Lipinski definition) is 6. The quantitative estimate of drug-likeness (QED) is 0.792. The molecular weight excluding hydrogens is 302 g/mol. The maximum absolute atomic E-state index is 11.9. The minimum atomic E-state index is -0.0523. The second-order valence-electron chi connectivity index (χ2n) is 5.26. The molecule has 2 aromatic rings. The van der Waals surface area contributed by atoms with Gasteiger partial charge in [-0.25, -0.2) is 0 Å². The SMILES string of the molecule is O=C(CCc1nc(-c2ccsc2)no1)N[C@@H]1C=C[C@H](CO)C1. The van der Waals surface area contributed by atoms with Gasteiger partial charge in [-0.15, -0.1) is 0 Å². The van der Waals surface area contributed by atoms with E-state index in [1.807, 2.05) is 29.0 Å². The van der Waals surface area contributed by atoms with Crippen LogP contribution in [0.3, 0.4) is 0 Å². The molecule has 0 unspecified atom stereocenters. The van der Waals surface area contributed by atoms with Gasteiger partial charge < -0.3 is 14.9 Å². The van der Waals surface area contributed by atoms with Crippen LogP contribution in [0.2, 0.25) is 0 Å². The maximum atomic E-state index is 11.9. The minimum absolute atomic E-state index is 0.00806. The van der Waals surface area contributed by atoms with Crippen molar-refractivity contribution in [1.29, 1.82) is 0 Å². The normalized spacial score (nSPS) is 20.4. The number of aryl methyl sites for hydroxylation is 1. The van der Waals surface area contributed by atoms with Crippen molar-refractivity contribution in [2.45, 2.75) is 25.3 Å². The standard InChI is InChI=1S/C15H17N3O3S/c19-8-10-1-2-12(7-10)16-13(20)3-4-14-17-15(18-21-14)11-5-6-22-9-11/h1-2,5-6,9-10,12,19H,3-4,7-8H2,(H,16,20)/t10-,12+/m0/s1. The molecular formula is C15H17N3O3S. The number of nitrogens with one attached hydrogen (secondary N) is 1. The maximum Gasteiger partial charge on any atom is 0.227 e. The summed E-state index contributed by atoms with van der Waals surface area (Å²) in [5, 5.41) is 19.8. The van der Waals surface area contributed by atoms with Crippen LogP contribution in [-0.2, 0) is 11.2 Å². The molecule has 0 saturated heterocycles. The highest BCUT2D eigenvalue weighted by Crippen LogP contribution is 2.19. The fourth-order valence-electron chi connectivity index (χ4n) is 2.38. The van der Waals surface area contributed by atoms with Gasteiger partial charge in [0.1, 0.15) is 0 Å². The summed E-state index contributed by atoms with van der Waals surface area (Å²) in [6.07, 6.45) is 5.35. The Morgan fingerprint density at radius 1 is 1.50 bits per heavy atom. The zero-order valence-corrected chi connectivity index (χ0v) is 12.8. The van der Waals surface area contributed by atoms with Crippen molar-refractivity contribution >= 4 is 17.2 Å². The van der Waals surface area contributed by atoms with Crippen LogP contribution in [-0.4, -0.2) is 33.8 Å². The zero-order valence-electron chi connectivity index (χ0n) is 11.9. The predicted molar refractivity (Wildman–Crippen MR) is 82.2 cm³/mol. The summed E-state index contributed by atoms with van der Waals surface area (Å²) < 4.78 is 5.16. The Labute approximate surface area is 131 Å². The van der Waals surface area contributed by atoms with Crippen molar-refractivity contribution in [3.8, 4) is 11.4 Å². The number of carbonyl (C=O) groups excluding carboxylic acids is 1. The average molecular weight is 319 g/mol. The van der Waals surface area contributed by atoms with Gasteiger partial charge in [0.25, 0.3) is 0 Å². The molecule has 0 aromatic carbocycles. The second kappa shape index (κ2) is 6.85. The molecule has 1 aliphatic rings. The molecule has 7 heteroatoms. The van der Waals surface area contributed by atoms with Gasteiger partial charge in [0, 0.05) is 42.4 Å². The summed E-state index contributed by atoms with van der Waals surface area (Å²) >= 11 is 1.57. The number of hydrogen-bond donors (Lipinski definition) is 2. The van der Waals surface area contributed by atoms with Gasteiger partial charge in [0.15, 0.2) is 0 Å². The molecule has 0 radical (unpaired) electrons. The Kier molecular flexibility index (Phi) is 4.65. The third kappa shape index (κ3) is 3.61. The Balaban J connectivity index is 1.46. The Morgan fingerprint density at radius 2 is 2.41 bits per heavy atom. The van der Waals surface area contributed by atoms with Gasteiger partial charge >= 0.3 is 0 Å². The molecule has 0 spiro atoms. The third-order valence-electron chi connectivity index (χ3n) is 3.57. The molecule has 2 atom stereocenters. The summed E-state index contributed by atoms with van der Waals surface area (Å²) in [5.41, 5.74) is 0.926. The molecule has 0 saturated carbocycles. The molecule has 2 aromatic heterocycles. The first-order valence-corrected chi connectivity index (χ1v) is 8.12. The highest BCUT2D eigenvalue weighted by atomic mass is 32.1. The fourth-order valence-corrected chi connectivity index (χ4v) is 3.02. The molecule has 2 N–H and O–H groups in total. The van der Waals surface area contributed by atoms with Crippen LogP contribution in [0.1, 0.15) is 18.7 Å². The Hall–Kier alpha value is -1.99. The van der Waals surface area contributed by atoms with Gasteiger partial charge in [-0.1, -0.05) is 17.3 Å². The largest absolute Gasteiger partial charge is 0.396 e. The summed E-state index contributed by atoms with van der Waals surface area (Å²) in [6.45, 7) is 0.121. The molecule has 0 bridgehead atoms. The topological polar surface area (TPSA) is 88.2 Å². The Morgan fingerprint density at radius 3 is 3.14 bits per heavy atom. The van der Waals surface area contributed by atoms with Crippen molar-refractivity contribution < 1.29 is 14.4 Å². The molecule has 116 valence electrons. The van der Waals surface area contributed by atoms with Gasteiger partial charge in [-0.05, 0) is 17.9 Å². The minimum Gasteiger partial charge on any atom is -0.396 e. The number of rotatable bonds is 6. The lowest BCUT2D eigenvalue weighted by Gasteiger charge is -2.12. The lowest BCUT2D eigenvalue weighted by molar-refractivity contribution is -0.121. The Bertz CT molecular complexity index is 651. The number of aliphatic hydroxyl groups excluding tert-OH is 1. The third-order valence-corrected chi connectivity index (χ3v) is 4.25. The van der Waals surface area contributed by atoms with E-state index in [1.54, 1.807) is 11.3 Å². The first-order valence-electron chi connectivity index (χ1n) is 7.18. The van der Waals surface area contributed by atoms with Crippen molar-refractivity contribution in [2.75, 3.05) is 6.61 Å². The number of nitrogens with zero attached hydrogens (tertiary/aromatic N) is 2. The number of aliphatic hydroxyl groups is 1. The number of carbonyl (C=O) groups is 1. The summed E-state index contributed by atoms with van der Waals surface area (Å²) in [5.74, 6) is 1.12. The van der Waals surface area contributed by atoms with E-state index < -0.39 is 0 Å². The molecule has 0 fully saturated rings. The van der Waals surface area contributed by atoms with Crippen LogP contribution in [0, 0.1) is 5.92 Å². The lowest BCUT2D eigenvalue weighted by Crippen LogP contribution is -2.33. The summed E-state index contributed by atoms with van der Waals surface area (Å²) in [6, 6.07) is 1.93. The van der Waals surface area contributed by atoms with Gasteiger partial charge in [-0.2, -0.15) is 16.3 Å². The smallest absolute Gasteiger partial charge is 0.227 e. The summed E-state index contributed by atoms with van der Waals surface area (Å²) in [7, 11) is 0. The number of aromatic nitrogens is 2. The van der Waals surface area contributed by atoms with Crippen molar-refractivity contribution in [2.24, 2.45) is 5.92 Å². The van der Waals surface area contributed by atoms with Crippen LogP contribution in [0.15, 0.2) is 33.5 Å². The molecule has 6 nitrogen and oxygen atoms in total. The van der Waals surface area contributed by atoms with Crippen LogP contribution in [0.5, 0.6) is 0 Å². The van der Waals surface area contributed by atoms with Gasteiger partial charge in [0.05, 0.1) is 0 Å². The van der Waals surface area contributed by atoms with E-state index in [-0.39, 0.29) is 24.5 Å². The van der Waals surface area contributed by atoms with Crippen LogP contribution >= 0.6 is 11.3 Å². The van der Waals surface area contributed by atoms with E-state index in [1.165, 1.54) is 0 Å². The predicted octanol–water partition coefficient (Wildman–Crippen LogP) is 1.78. The monoisotopic (exact) mass is 319 g/mol. The van der Waals surface area contributed by atoms with Crippen molar-refractivity contribution in [3.05, 3.63) is 34.9 Å². The fraction of sp³-hybridized carbons (Fsp3) is 0.400. The first kappa shape index (κ1) is 14.9. The van der Waals surface area contributed by atoms with Crippen LogP contribution in [0.4, 0.5) is 0 Å². The molecule has 3 rings (SSSR count). The van der Waals surface area contributed by atoms with E-state index in [0.717, 1.165) is 12.0 Å². The molecule has 1 aliphatic carbocycles. The van der Waals surface area contributed by atoms with E-state index in [2.05, 4.69) is 15.5 Å². The van der Waals surface area contributed by atoms with Crippen molar-refractivity contribution in [1.82, 2.24) is 15.5 Å². The average Bonchev–Trinajstić information content (AvgIpc) is 3.25. The molecule has 1 amide bonds. The molecule has 0 aliphatic heterocycles. The number of thiophene rings is 1. The summed E-state index contributed by atoms with van der Waals surface area (Å²) in [4.78, 5) is 16.2. The van der Waals surface area contributed by atoms with E-state index in [4.69, 9.17) is 9.63 Å². The number of amides is 1. The van der Waals surface area contributed by atoms with E-state index in [0.29, 0.717) is 24.6 Å². The van der Waals surface area contributed by atoms with Gasteiger partial charge in [-0.3, -0.25) is 4.79 Å².